The van der Waals surface area contributed by atoms with E-state index < -0.39 is 0 Å². The third kappa shape index (κ3) is 2.33. The first-order valence-electron chi connectivity index (χ1n) is 5.45. The van der Waals surface area contributed by atoms with Crippen molar-refractivity contribution in [2.24, 2.45) is 12.8 Å². The number of rotatable bonds is 4. The molecule has 16 heavy (non-hydrogen) atoms. The molecule has 0 fully saturated rings. The molecule has 0 aromatic carbocycles. The summed E-state index contributed by atoms with van der Waals surface area (Å²) in [5, 5.41) is 6.33. The second kappa shape index (κ2) is 4.80. The maximum Gasteiger partial charge on any atom is 0.0540 e. The van der Waals surface area contributed by atoms with Gasteiger partial charge in [0.2, 0.25) is 0 Å². The van der Waals surface area contributed by atoms with Crippen molar-refractivity contribution >= 4 is 11.3 Å². The quantitative estimate of drug-likeness (QED) is 0.884. The summed E-state index contributed by atoms with van der Waals surface area (Å²) in [6, 6.07) is 4.34. The number of nitrogens with two attached hydrogens (primary N) is 1. The summed E-state index contributed by atoms with van der Waals surface area (Å²) < 4.78 is 1.88. The van der Waals surface area contributed by atoms with Gasteiger partial charge in [-0.1, -0.05) is 6.07 Å². The van der Waals surface area contributed by atoms with Crippen molar-refractivity contribution in [2.75, 3.05) is 0 Å². The van der Waals surface area contributed by atoms with Gasteiger partial charge in [0, 0.05) is 29.2 Å². The Balaban J connectivity index is 1.98. The molecule has 0 saturated carbocycles. The highest BCUT2D eigenvalue weighted by Gasteiger charge is 2.12. The van der Waals surface area contributed by atoms with Crippen molar-refractivity contribution in [2.45, 2.75) is 25.8 Å². The number of aryl methyl sites for hydroxylation is 2. The minimum absolute atomic E-state index is 0.0933. The summed E-state index contributed by atoms with van der Waals surface area (Å²) in [7, 11) is 1.95. The minimum atomic E-state index is 0.0933. The van der Waals surface area contributed by atoms with Crippen molar-refractivity contribution in [3.8, 4) is 0 Å². The molecule has 4 heteroatoms. The topological polar surface area (TPSA) is 43.8 Å². The lowest BCUT2D eigenvalue weighted by atomic mass is 10.0. The average Bonchev–Trinajstić information content (AvgIpc) is 2.88. The van der Waals surface area contributed by atoms with E-state index in [2.05, 4.69) is 29.5 Å². The Kier molecular flexibility index (Phi) is 3.41. The molecule has 0 aliphatic carbocycles. The van der Waals surface area contributed by atoms with E-state index in [1.807, 2.05) is 17.9 Å². The lowest BCUT2D eigenvalue weighted by molar-refractivity contribution is 0.647. The van der Waals surface area contributed by atoms with E-state index in [4.69, 9.17) is 5.73 Å². The Morgan fingerprint density at radius 3 is 2.94 bits per heavy atom. The molecule has 0 spiro atoms. The predicted octanol–water partition coefficient (Wildman–Crippen LogP) is 2.42. The summed E-state index contributed by atoms with van der Waals surface area (Å²) in [4.78, 5) is 1.40. The van der Waals surface area contributed by atoms with Crippen LogP contribution in [0, 0.1) is 6.92 Å². The van der Waals surface area contributed by atoms with Crippen LogP contribution in [0.1, 0.15) is 28.6 Å². The third-order valence-electron chi connectivity index (χ3n) is 2.95. The molecule has 0 aliphatic rings. The van der Waals surface area contributed by atoms with Gasteiger partial charge in [-0.15, -0.1) is 11.3 Å². The standard InChI is InChI=1S/C12H17N3S/c1-9-11(8-14-15(9)2)12(13)6-5-10-4-3-7-16-10/h3-4,7-8,12H,5-6,13H2,1-2H3. The molecule has 2 heterocycles. The SMILES string of the molecule is Cc1c(C(N)CCc2cccs2)cnn1C. The van der Waals surface area contributed by atoms with Crippen LogP contribution in [0.2, 0.25) is 0 Å². The molecule has 0 aliphatic heterocycles. The molecule has 2 aromatic rings. The third-order valence-corrected chi connectivity index (χ3v) is 3.89. The smallest absolute Gasteiger partial charge is 0.0540 e. The van der Waals surface area contributed by atoms with Crippen LogP contribution in [-0.4, -0.2) is 9.78 Å². The van der Waals surface area contributed by atoms with Gasteiger partial charge in [0.1, 0.15) is 0 Å². The number of thiophene rings is 1. The van der Waals surface area contributed by atoms with Crippen LogP contribution >= 0.6 is 11.3 Å². The van der Waals surface area contributed by atoms with Crippen LogP contribution < -0.4 is 5.73 Å². The van der Waals surface area contributed by atoms with E-state index in [-0.39, 0.29) is 6.04 Å². The van der Waals surface area contributed by atoms with Crippen molar-refractivity contribution in [3.63, 3.8) is 0 Å². The molecule has 3 nitrogen and oxygen atoms in total. The number of hydrogen-bond donors (Lipinski definition) is 1. The molecule has 2 aromatic heterocycles. The first-order chi connectivity index (χ1) is 7.68. The normalized spacial score (nSPS) is 12.9. The minimum Gasteiger partial charge on any atom is -0.324 e. The van der Waals surface area contributed by atoms with Crippen molar-refractivity contribution < 1.29 is 0 Å². The van der Waals surface area contributed by atoms with Crippen LogP contribution in [0.5, 0.6) is 0 Å². The van der Waals surface area contributed by atoms with E-state index in [9.17, 15) is 0 Å². The molecule has 2 rings (SSSR count). The fourth-order valence-electron chi connectivity index (χ4n) is 1.79. The fourth-order valence-corrected chi connectivity index (χ4v) is 2.51. The number of hydrogen-bond acceptors (Lipinski definition) is 3. The highest BCUT2D eigenvalue weighted by molar-refractivity contribution is 7.09. The maximum atomic E-state index is 6.18. The van der Waals surface area contributed by atoms with Crippen LogP contribution in [-0.2, 0) is 13.5 Å². The monoisotopic (exact) mass is 235 g/mol. The highest BCUT2D eigenvalue weighted by Crippen LogP contribution is 2.21. The van der Waals surface area contributed by atoms with Gasteiger partial charge in [-0.3, -0.25) is 4.68 Å². The Hall–Kier alpha value is -1.13. The molecular weight excluding hydrogens is 218 g/mol. The molecule has 2 N–H and O–H groups in total. The molecule has 0 radical (unpaired) electrons. The summed E-state index contributed by atoms with van der Waals surface area (Å²) in [6.07, 6.45) is 3.91. The molecule has 0 amide bonds. The van der Waals surface area contributed by atoms with Crippen LogP contribution in [0.25, 0.3) is 0 Å². The Bertz CT molecular complexity index is 445. The van der Waals surface area contributed by atoms with Crippen LogP contribution in [0.4, 0.5) is 0 Å². The fraction of sp³-hybridized carbons (Fsp3) is 0.417. The highest BCUT2D eigenvalue weighted by atomic mass is 32.1. The van der Waals surface area contributed by atoms with Gasteiger partial charge in [-0.25, -0.2) is 0 Å². The maximum absolute atomic E-state index is 6.18. The van der Waals surface area contributed by atoms with Crippen LogP contribution in [0.15, 0.2) is 23.7 Å². The lowest BCUT2D eigenvalue weighted by Crippen LogP contribution is -2.12. The van der Waals surface area contributed by atoms with Gasteiger partial charge in [0.25, 0.3) is 0 Å². The molecule has 0 saturated heterocycles. The van der Waals surface area contributed by atoms with Gasteiger partial charge in [0.15, 0.2) is 0 Å². The lowest BCUT2D eigenvalue weighted by Gasteiger charge is -2.10. The van der Waals surface area contributed by atoms with E-state index in [0.29, 0.717) is 0 Å². The first-order valence-corrected chi connectivity index (χ1v) is 6.33. The summed E-state index contributed by atoms with van der Waals surface area (Å²) in [6.45, 7) is 2.06. The predicted molar refractivity (Wildman–Crippen MR) is 67.5 cm³/mol. The zero-order valence-electron chi connectivity index (χ0n) is 9.68. The Morgan fingerprint density at radius 1 is 1.56 bits per heavy atom. The Morgan fingerprint density at radius 2 is 2.38 bits per heavy atom. The molecule has 86 valence electrons. The largest absolute Gasteiger partial charge is 0.324 e. The Labute approximate surface area is 99.9 Å². The average molecular weight is 235 g/mol. The molecule has 1 atom stereocenters. The number of nitrogens with zero attached hydrogens (tertiary/aromatic N) is 2. The molecule has 0 bridgehead atoms. The van der Waals surface area contributed by atoms with Gasteiger partial charge >= 0.3 is 0 Å². The van der Waals surface area contributed by atoms with E-state index in [1.165, 1.54) is 16.1 Å². The van der Waals surface area contributed by atoms with Gasteiger partial charge < -0.3 is 5.73 Å². The van der Waals surface area contributed by atoms with E-state index >= 15 is 0 Å². The molecular formula is C12H17N3S. The summed E-state index contributed by atoms with van der Waals surface area (Å²) >= 11 is 1.79. The first kappa shape index (κ1) is 11.4. The zero-order valence-corrected chi connectivity index (χ0v) is 10.5. The van der Waals surface area contributed by atoms with Crippen LogP contribution in [0.3, 0.4) is 0 Å². The second-order valence-corrected chi connectivity index (χ2v) is 5.07. The van der Waals surface area contributed by atoms with Gasteiger partial charge in [0.05, 0.1) is 6.20 Å². The van der Waals surface area contributed by atoms with E-state index in [1.54, 1.807) is 11.3 Å². The second-order valence-electron chi connectivity index (χ2n) is 4.03. The summed E-state index contributed by atoms with van der Waals surface area (Å²) in [5.74, 6) is 0. The van der Waals surface area contributed by atoms with Gasteiger partial charge in [-0.2, -0.15) is 5.10 Å². The zero-order chi connectivity index (χ0) is 11.5. The number of aromatic nitrogens is 2. The van der Waals surface area contributed by atoms with E-state index in [0.717, 1.165) is 12.8 Å². The molecule has 1 unspecified atom stereocenters. The summed E-state index contributed by atoms with van der Waals surface area (Å²) in [5.41, 5.74) is 8.51. The van der Waals surface area contributed by atoms with Crippen molar-refractivity contribution in [1.29, 1.82) is 0 Å². The van der Waals surface area contributed by atoms with Crippen molar-refractivity contribution in [1.82, 2.24) is 9.78 Å². The van der Waals surface area contributed by atoms with Crippen molar-refractivity contribution in [3.05, 3.63) is 39.8 Å². The van der Waals surface area contributed by atoms with Gasteiger partial charge in [-0.05, 0) is 31.2 Å².